The number of fused-ring (bicyclic) bond motifs is 1. The SMILES string of the molecule is Cc1ccc(CNC(=O)/C=C/c2ccccc2Oc2ncnc3ccccc23)cc1. The molecule has 0 saturated heterocycles. The number of nitrogens with zero attached hydrogens (tertiary/aromatic N) is 2. The minimum Gasteiger partial charge on any atom is -0.438 e. The zero-order chi connectivity index (χ0) is 20.8. The van der Waals surface area contributed by atoms with Crippen LogP contribution in [0.25, 0.3) is 17.0 Å². The highest BCUT2D eigenvalue weighted by molar-refractivity contribution is 5.92. The smallest absolute Gasteiger partial charge is 0.244 e. The Kier molecular flexibility index (Phi) is 5.80. The van der Waals surface area contributed by atoms with Crippen molar-refractivity contribution in [2.45, 2.75) is 13.5 Å². The first kappa shape index (κ1) is 19.3. The van der Waals surface area contributed by atoms with Gasteiger partial charge in [0.2, 0.25) is 11.8 Å². The van der Waals surface area contributed by atoms with E-state index < -0.39 is 0 Å². The fourth-order valence-corrected chi connectivity index (χ4v) is 3.00. The van der Waals surface area contributed by atoms with Gasteiger partial charge in [0.25, 0.3) is 0 Å². The first-order valence-electron chi connectivity index (χ1n) is 9.67. The molecule has 5 nitrogen and oxygen atoms in total. The zero-order valence-corrected chi connectivity index (χ0v) is 16.6. The van der Waals surface area contributed by atoms with Crippen LogP contribution in [0.3, 0.4) is 0 Å². The summed E-state index contributed by atoms with van der Waals surface area (Å²) in [5.74, 6) is 0.923. The van der Waals surface area contributed by atoms with Crippen molar-refractivity contribution in [1.82, 2.24) is 15.3 Å². The number of hydrogen-bond acceptors (Lipinski definition) is 4. The number of carbonyl (C=O) groups is 1. The van der Waals surface area contributed by atoms with Gasteiger partial charge < -0.3 is 10.1 Å². The number of aromatic nitrogens is 2. The third kappa shape index (κ3) is 4.70. The molecule has 0 unspecified atom stereocenters. The predicted octanol–water partition coefficient (Wildman–Crippen LogP) is 5.06. The molecule has 30 heavy (non-hydrogen) atoms. The molecule has 4 aromatic rings. The predicted molar refractivity (Wildman–Crippen MR) is 118 cm³/mol. The number of para-hydroxylation sites is 2. The molecule has 1 N–H and O–H groups in total. The molecule has 1 amide bonds. The molecule has 0 saturated carbocycles. The number of amides is 1. The molecule has 0 aliphatic heterocycles. The summed E-state index contributed by atoms with van der Waals surface area (Å²) in [6.45, 7) is 2.52. The van der Waals surface area contributed by atoms with Crippen molar-refractivity contribution in [2.24, 2.45) is 0 Å². The molecule has 4 rings (SSSR count). The monoisotopic (exact) mass is 395 g/mol. The second-order valence-electron chi connectivity index (χ2n) is 6.87. The van der Waals surface area contributed by atoms with Crippen molar-refractivity contribution in [1.29, 1.82) is 0 Å². The van der Waals surface area contributed by atoms with Crippen molar-refractivity contribution in [3.8, 4) is 11.6 Å². The Labute approximate surface area is 175 Å². The van der Waals surface area contributed by atoms with Gasteiger partial charge in [-0.1, -0.05) is 60.2 Å². The summed E-state index contributed by atoms with van der Waals surface area (Å²) in [4.78, 5) is 20.8. The molecular formula is C25H21N3O2. The molecule has 0 atom stereocenters. The van der Waals surface area contributed by atoms with Gasteiger partial charge in [-0.15, -0.1) is 0 Å². The van der Waals surface area contributed by atoms with Crippen molar-refractivity contribution in [3.63, 3.8) is 0 Å². The second kappa shape index (κ2) is 9.01. The Morgan fingerprint density at radius 1 is 0.967 bits per heavy atom. The van der Waals surface area contributed by atoms with Gasteiger partial charge in [0.05, 0.1) is 10.9 Å². The minimum atomic E-state index is -0.169. The van der Waals surface area contributed by atoms with Crippen LogP contribution in [0.5, 0.6) is 11.6 Å². The Bertz CT molecular complexity index is 1200. The largest absolute Gasteiger partial charge is 0.438 e. The Morgan fingerprint density at radius 3 is 2.60 bits per heavy atom. The summed E-state index contributed by atoms with van der Waals surface area (Å²) in [7, 11) is 0. The summed E-state index contributed by atoms with van der Waals surface area (Å²) in [6, 6.07) is 23.3. The molecule has 1 heterocycles. The molecule has 148 valence electrons. The lowest BCUT2D eigenvalue weighted by Gasteiger charge is -2.09. The van der Waals surface area contributed by atoms with E-state index in [0.717, 1.165) is 22.0 Å². The van der Waals surface area contributed by atoms with Crippen LogP contribution >= 0.6 is 0 Å². The van der Waals surface area contributed by atoms with E-state index in [1.807, 2.05) is 79.7 Å². The summed E-state index contributed by atoms with van der Waals surface area (Å²) >= 11 is 0. The molecule has 0 aliphatic rings. The average Bonchev–Trinajstić information content (AvgIpc) is 2.78. The summed E-state index contributed by atoms with van der Waals surface area (Å²) in [5.41, 5.74) is 3.84. The topological polar surface area (TPSA) is 64.1 Å². The fraction of sp³-hybridized carbons (Fsp3) is 0.0800. The summed E-state index contributed by atoms with van der Waals surface area (Å²) in [6.07, 6.45) is 4.73. The average molecular weight is 395 g/mol. The van der Waals surface area contributed by atoms with Crippen LogP contribution in [-0.4, -0.2) is 15.9 Å². The molecular weight excluding hydrogens is 374 g/mol. The maximum Gasteiger partial charge on any atom is 0.244 e. The van der Waals surface area contributed by atoms with Gasteiger partial charge in [0, 0.05) is 18.2 Å². The minimum absolute atomic E-state index is 0.169. The number of hydrogen-bond donors (Lipinski definition) is 1. The standard InChI is InChI=1S/C25H21N3O2/c1-18-10-12-19(13-11-18)16-26-24(29)15-14-20-6-2-5-9-23(20)30-25-21-7-3-4-8-22(21)27-17-28-25/h2-15,17H,16H2,1H3,(H,26,29)/b15-14+. The molecule has 0 radical (unpaired) electrons. The van der Waals surface area contributed by atoms with Crippen molar-refractivity contribution in [2.75, 3.05) is 0 Å². The van der Waals surface area contributed by atoms with E-state index in [0.29, 0.717) is 18.2 Å². The van der Waals surface area contributed by atoms with Gasteiger partial charge in [-0.3, -0.25) is 4.79 Å². The van der Waals surface area contributed by atoms with E-state index in [9.17, 15) is 4.79 Å². The van der Waals surface area contributed by atoms with Crippen molar-refractivity contribution < 1.29 is 9.53 Å². The van der Waals surface area contributed by atoms with E-state index in [-0.39, 0.29) is 5.91 Å². The number of carbonyl (C=O) groups excluding carboxylic acids is 1. The van der Waals surface area contributed by atoms with Crippen LogP contribution < -0.4 is 10.1 Å². The van der Waals surface area contributed by atoms with Crippen LogP contribution in [0.2, 0.25) is 0 Å². The highest BCUT2D eigenvalue weighted by Crippen LogP contribution is 2.29. The quantitative estimate of drug-likeness (QED) is 0.464. The van der Waals surface area contributed by atoms with Crippen LogP contribution in [0.15, 0.2) is 85.2 Å². The molecule has 5 heteroatoms. The van der Waals surface area contributed by atoms with Crippen LogP contribution in [-0.2, 0) is 11.3 Å². The number of nitrogens with one attached hydrogen (secondary N) is 1. The number of benzene rings is 3. The van der Waals surface area contributed by atoms with Crippen LogP contribution in [0, 0.1) is 6.92 Å². The van der Waals surface area contributed by atoms with E-state index in [2.05, 4.69) is 15.3 Å². The van der Waals surface area contributed by atoms with Crippen molar-refractivity contribution in [3.05, 3.63) is 102 Å². The first-order chi connectivity index (χ1) is 14.7. The molecule has 1 aromatic heterocycles. The fourth-order valence-electron chi connectivity index (χ4n) is 3.00. The van der Waals surface area contributed by atoms with E-state index in [1.165, 1.54) is 18.0 Å². The van der Waals surface area contributed by atoms with Crippen LogP contribution in [0.1, 0.15) is 16.7 Å². The Balaban J connectivity index is 1.47. The lowest BCUT2D eigenvalue weighted by atomic mass is 10.1. The second-order valence-corrected chi connectivity index (χ2v) is 6.87. The summed E-state index contributed by atoms with van der Waals surface area (Å²) < 4.78 is 6.06. The van der Waals surface area contributed by atoms with Gasteiger partial charge in [-0.25, -0.2) is 9.97 Å². The maximum absolute atomic E-state index is 12.2. The normalized spacial score (nSPS) is 11.0. The third-order valence-electron chi connectivity index (χ3n) is 4.63. The first-order valence-corrected chi connectivity index (χ1v) is 9.67. The third-order valence-corrected chi connectivity index (χ3v) is 4.63. The van der Waals surface area contributed by atoms with E-state index in [4.69, 9.17) is 4.74 Å². The van der Waals surface area contributed by atoms with Gasteiger partial charge in [-0.2, -0.15) is 0 Å². The Hall–Kier alpha value is -3.99. The maximum atomic E-state index is 12.2. The zero-order valence-electron chi connectivity index (χ0n) is 16.6. The molecule has 0 aliphatic carbocycles. The van der Waals surface area contributed by atoms with Crippen LogP contribution in [0.4, 0.5) is 0 Å². The molecule has 0 spiro atoms. The van der Waals surface area contributed by atoms with Gasteiger partial charge in [-0.05, 0) is 36.8 Å². The molecule has 3 aromatic carbocycles. The number of ether oxygens (including phenoxy) is 1. The lowest BCUT2D eigenvalue weighted by Crippen LogP contribution is -2.20. The van der Waals surface area contributed by atoms with Gasteiger partial charge >= 0.3 is 0 Å². The number of aryl methyl sites for hydroxylation is 1. The Morgan fingerprint density at radius 2 is 1.73 bits per heavy atom. The van der Waals surface area contributed by atoms with Gasteiger partial charge in [0.15, 0.2) is 0 Å². The molecule has 0 fully saturated rings. The molecule has 0 bridgehead atoms. The van der Waals surface area contributed by atoms with Gasteiger partial charge in [0.1, 0.15) is 12.1 Å². The lowest BCUT2D eigenvalue weighted by molar-refractivity contribution is -0.116. The van der Waals surface area contributed by atoms with Crippen molar-refractivity contribution >= 4 is 22.9 Å². The van der Waals surface area contributed by atoms with E-state index >= 15 is 0 Å². The highest BCUT2D eigenvalue weighted by Gasteiger charge is 2.08. The number of rotatable bonds is 6. The highest BCUT2D eigenvalue weighted by atomic mass is 16.5. The van der Waals surface area contributed by atoms with E-state index in [1.54, 1.807) is 6.08 Å². The summed E-state index contributed by atoms with van der Waals surface area (Å²) in [5, 5.41) is 3.72.